The van der Waals surface area contributed by atoms with Crippen molar-refractivity contribution in [2.75, 3.05) is 0 Å². The smallest absolute Gasteiger partial charge is 0.132 e. The summed E-state index contributed by atoms with van der Waals surface area (Å²) in [4.78, 5) is 0. The van der Waals surface area contributed by atoms with E-state index in [9.17, 15) is 0 Å². The Labute approximate surface area is 354 Å². The summed E-state index contributed by atoms with van der Waals surface area (Å²) < 4.78 is 6.77. The second-order valence-electron chi connectivity index (χ2n) is 17.0. The number of fused-ring (bicyclic) bond motifs is 18. The number of ether oxygens (including phenoxy) is 1. The maximum Gasteiger partial charge on any atom is 0.132 e. The Morgan fingerprint density at radius 3 is 1.30 bits per heavy atom. The second kappa shape index (κ2) is 11.9. The molecule has 0 bridgehead atoms. The molecule has 0 amide bonds. The van der Waals surface area contributed by atoms with E-state index in [1.165, 1.54) is 111 Å². The quantitative estimate of drug-likeness (QED) is 0.170. The summed E-state index contributed by atoms with van der Waals surface area (Å²) in [5, 5.41) is 2.63. The highest BCUT2D eigenvalue weighted by Crippen LogP contribution is 2.64. The minimum absolute atomic E-state index is 0.457. The van der Waals surface area contributed by atoms with Crippen molar-refractivity contribution in [1.29, 1.82) is 0 Å². The molecule has 10 aromatic rings. The van der Waals surface area contributed by atoms with Gasteiger partial charge in [0.15, 0.2) is 0 Å². The van der Waals surface area contributed by atoms with Crippen molar-refractivity contribution in [3.8, 4) is 67.1 Å². The maximum absolute atomic E-state index is 6.77. The van der Waals surface area contributed by atoms with Gasteiger partial charge in [-0.15, -0.1) is 0 Å². The van der Waals surface area contributed by atoms with E-state index in [4.69, 9.17) is 4.74 Å². The summed E-state index contributed by atoms with van der Waals surface area (Å²) in [5.41, 5.74) is 21.9. The van der Waals surface area contributed by atoms with Crippen LogP contribution in [0, 0.1) is 0 Å². The number of hydrogen-bond acceptors (Lipinski definition) is 1. The molecule has 282 valence electrons. The first-order valence-corrected chi connectivity index (χ1v) is 21.3. The summed E-state index contributed by atoms with van der Waals surface area (Å²) in [6.07, 6.45) is 0. The molecular weight excluding hydrogens is 737 g/mol. The summed E-state index contributed by atoms with van der Waals surface area (Å²) in [5.74, 6) is 1.81. The Hall–Kier alpha value is -7.74. The molecule has 0 saturated heterocycles. The average molecular weight is 773 g/mol. The molecule has 4 aliphatic rings. The van der Waals surface area contributed by atoms with Crippen molar-refractivity contribution in [2.45, 2.75) is 10.8 Å². The molecule has 1 heterocycles. The Morgan fingerprint density at radius 1 is 0.246 bits per heavy atom. The van der Waals surface area contributed by atoms with E-state index in [1.807, 2.05) is 0 Å². The van der Waals surface area contributed by atoms with Crippen molar-refractivity contribution in [3.05, 3.63) is 263 Å². The van der Waals surface area contributed by atoms with Crippen LogP contribution in [-0.2, 0) is 10.8 Å². The van der Waals surface area contributed by atoms with Crippen molar-refractivity contribution >= 4 is 10.8 Å². The van der Waals surface area contributed by atoms with E-state index in [0.717, 1.165) is 11.5 Å². The van der Waals surface area contributed by atoms with E-state index in [-0.39, 0.29) is 0 Å². The van der Waals surface area contributed by atoms with Crippen LogP contribution in [0.15, 0.2) is 218 Å². The van der Waals surface area contributed by atoms with Gasteiger partial charge in [-0.05, 0) is 130 Å². The van der Waals surface area contributed by atoms with Crippen molar-refractivity contribution in [1.82, 2.24) is 0 Å². The maximum atomic E-state index is 6.77. The Kier molecular flexibility index (Phi) is 6.48. The monoisotopic (exact) mass is 772 g/mol. The molecule has 1 nitrogen and oxygen atoms in total. The fourth-order valence-corrected chi connectivity index (χ4v) is 12.0. The zero-order valence-corrected chi connectivity index (χ0v) is 33.2. The summed E-state index contributed by atoms with van der Waals surface area (Å²) in [6.45, 7) is 0. The first-order valence-electron chi connectivity index (χ1n) is 21.3. The van der Waals surface area contributed by atoms with Crippen LogP contribution in [0.2, 0.25) is 0 Å². The van der Waals surface area contributed by atoms with Gasteiger partial charge in [-0.3, -0.25) is 0 Å². The van der Waals surface area contributed by atoms with E-state index in [1.54, 1.807) is 0 Å². The third kappa shape index (κ3) is 4.11. The summed E-state index contributed by atoms with van der Waals surface area (Å²) in [6, 6.07) is 81.5. The molecule has 1 aliphatic heterocycles. The Morgan fingerprint density at radius 2 is 0.656 bits per heavy atom. The van der Waals surface area contributed by atoms with Crippen molar-refractivity contribution in [3.63, 3.8) is 0 Å². The molecule has 0 saturated carbocycles. The van der Waals surface area contributed by atoms with Crippen LogP contribution < -0.4 is 4.74 Å². The van der Waals surface area contributed by atoms with Crippen LogP contribution in [0.4, 0.5) is 0 Å². The topological polar surface area (TPSA) is 9.23 Å². The lowest BCUT2D eigenvalue weighted by Gasteiger charge is -2.40. The number of hydrogen-bond donors (Lipinski definition) is 0. The standard InChI is InChI=1S/C60H36O/c1-5-23-48-42(18-1)43-19-2-6-24-49(43)59(48)52-27-9-10-29-56(52)61-57-33-31-41(36-55(57)59)39-17-11-16-38(34-39)40-30-32-46-44-20-3-7-25-50(44)60(54(46)35-40)51-26-8-4-21-45(51)47-22-12-14-37-15-13-28-53(60)58(37)47/h1-36H. The molecule has 1 heteroatoms. The van der Waals surface area contributed by atoms with Gasteiger partial charge in [0.25, 0.3) is 0 Å². The molecule has 3 aliphatic carbocycles. The van der Waals surface area contributed by atoms with Crippen LogP contribution in [0.25, 0.3) is 66.4 Å². The molecule has 0 fully saturated rings. The van der Waals surface area contributed by atoms with Gasteiger partial charge in [0, 0.05) is 11.1 Å². The first kappa shape index (κ1) is 33.1. The highest BCUT2D eigenvalue weighted by atomic mass is 16.5. The first-order chi connectivity index (χ1) is 30.2. The van der Waals surface area contributed by atoms with Crippen LogP contribution in [0.1, 0.15) is 44.5 Å². The van der Waals surface area contributed by atoms with Gasteiger partial charge < -0.3 is 4.74 Å². The largest absolute Gasteiger partial charge is 0.457 e. The van der Waals surface area contributed by atoms with Crippen molar-refractivity contribution in [2.24, 2.45) is 0 Å². The predicted molar refractivity (Wildman–Crippen MR) is 248 cm³/mol. The molecular formula is C60H36O. The van der Waals surface area contributed by atoms with Gasteiger partial charge in [-0.25, -0.2) is 0 Å². The molecule has 0 N–H and O–H groups in total. The van der Waals surface area contributed by atoms with Crippen LogP contribution in [0.5, 0.6) is 11.5 Å². The van der Waals surface area contributed by atoms with Crippen LogP contribution in [-0.4, -0.2) is 0 Å². The number of rotatable bonds is 2. The van der Waals surface area contributed by atoms with Gasteiger partial charge >= 0.3 is 0 Å². The van der Waals surface area contributed by atoms with Gasteiger partial charge in [-0.1, -0.05) is 188 Å². The number of benzene rings is 10. The van der Waals surface area contributed by atoms with Gasteiger partial charge in [0.2, 0.25) is 0 Å². The zero-order valence-electron chi connectivity index (χ0n) is 33.2. The summed E-state index contributed by atoms with van der Waals surface area (Å²) in [7, 11) is 0. The Bertz CT molecular complexity index is 3480. The highest BCUT2D eigenvalue weighted by Gasteiger charge is 2.52. The molecule has 2 spiro atoms. The molecule has 0 aromatic heterocycles. The minimum Gasteiger partial charge on any atom is -0.457 e. The van der Waals surface area contributed by atoms with Crippen LogP contribution in [0.3, 0.4) is 0 Å². The predicted octanol–water partition coefficient (Wildman–Crippen LogP) is 15.0. The minimum atomic E-state index is -0.508. The SMILES string of the molecule is c1cc(-c2ccc3c(c2)C2(c4ccccc4O3)c3ccccc3-c3ccccc32)cc(-c2ccc3c(c2)C2(c4ccccc4-3)c3ccccc3-c3cccc4cccc2c34)c1. The molecule has 14 rings (SSSR count). The lowest BCUT2D eigenvalue weighted by atomic mass is 9.61. The molecule has 0 radical (unpaired) electrons. The third-order valence-corrected chi connectivity index (χ3v) is 14.4. The van der Waals surface area contributed by atoms with Crippen LogP contribution >= 0.6 is 0 Å². The average Bonchev–Trinajstić information content (AvgIpc) is 3.79. The third-order valence-electron chi connectivity index (χ3n) is 14.4. The van der Waals surface area contributed by atoms with E-state index >= 15 is 0 Å². The molecule has 10 aromatic carbocycles. The van der Waals surface area contributed by atoms with Gasteiger partial charge in [-0.2, -0.15) is 0 Å². The highest BCUT2D eigenvalue weighted by molar-refractivity contribution is 6.07. The molecule has 1 unspecified atom stereocenters. The van der Waals surface area contributed by atoms with Gasteiger partial charge in [0.05, 0.1) is 10.8 Å². The van der Waals surface area contributed by atoms with E-state index in [0.29, 0.717) is 0 Å². The van der Waals surface area contributed by atoms with E-state index in [2.05, 4.69) is 218 Å². The second-order valence-corrected chi connectivity index (χ2v) is 17.0. The number of para-hydroxylation sites is 1. The van der Waals surface area contributed by atoms with Crippen molar-refractivity contribution < 1.29 is 4.74 Å². The van der Waals surface area contributed by atoms with Gasteiger partial charge in [0.1, 0.15) is 11.5 Å². The normalized spacial score (nSPS) is 16.2. The van der Waals surface area contributed by atoms with E-state index < -0.39 is 10.8 Å². The fraction of sp³-hybridized carbons (Fsp3) is 0.0333. The summed E-state index contributed by atoms with van der Waals surface area (Å²) >= 11 is 0. The lowest BCUT2D eigenvalue weighted by Crippen LogP contribution is -2.32. The zero-order chi connectivity index (χ0) is 39.9. The fourth-order valence-electron chi connectivity index (χ4n) is 12.0. The Balaban J connectivity index is 0.965. The molecule has 61 heavy (non-hydrogen) atoms. The lowest BCUT2D eigenvalue weighted by molar-refractivity contribution is 0.436. The molecule has 1 atom stereocenters.